The van der Waals surface area contributed by atoms with Crippen LogP contribution in [0.15, 0.2) is 18.2 Å². The van der Waals surface area contributed by atoms with Gasteiger partial charge in [0.25, 0.3) is 0 Å². The van der Waals surface area contributed by atoms with Crippen LogP contribution < -0.4 is 20.1 Å². The van der Waals surface area contributed by atoms with Gasteiger partial charge >= 0.3 is 6.09 Å². The van der Waals surface area contributed by atoms with Crippen molar-refractivity contribution >= 4 is 11.8 Å². The zero-order valence-corrected chi connectivity index (χ0v) is 10.7. The van der Waals surface area contributed by atoms with Crippen molar-refractivity contribution in [2.75, 3.05) is 24.8 Å². The molecule has 1 atom stereocenters. The fraction of sp³-hybridized carbons (Fsp3) is 0.462. The standard InChI is InChI=1S/C13H16N2O4/c1-13(4-5-14)7-15(12(16)19-13)9-2-3-10-11(6-9)18-8-17-10/h2-3,6H,4-5,7-8,14H2,1H3. The smallest absolute Gasteiger partial charge is 0.415 e. The molecule has 0 saturated carbocycles. The van der Waals surface area contributed by atoms with E-state index >= 15 is 0 Å². The molecule has 6 heteroatoms. The van der Waals surface area contributed by atoms with Crippen molar-refractivity contribution in [2.45, 2.75) is 18.9 Å². The highest BCUT2D eigenvalue weighted by Gasteiger charge is 2.41. The quantitative estimate of drug-likeness (QED) is 0.895. The Balaban J connectivity index is 1.85. The first kappa shape index (κ1) is 12.1. The minimum absolute atomic E-state index is 0.216. The maximum atomic E-state index is 12.0. The predicted molar refractivity (Wildman–Crippen MR) is 68.5 cm³/mol. The molecule has 2 heterocycles. The van der Waals surface area contributed by atoms with E-state index in [1.165, 1.54) is 0 Å². The SMILES string of the molecule is CC1(CCN)CN(c2ccc3c(c2)OCO3)C(=O)O1. The molecule has 0 bridgehead atoms. The number of hydrogen-bond acceptors (Lipinski definition) is 5. The average Bonchev–Trinajstić information content (AvgIpc) is 2.93. The predicted octanol–water partition coefficient (Wildman–Crippen LogP) is 1.48. The number of nitrogens with two attached hydrogens (primary N) is 1. The van der Waals surface area contributed by atoms with Crippen molar-refractivity contribution in [3.63, 3.8) is 0 Å². The van der Waals surface area contributed by atoms with Crippen LogP contribution >= 0.6 is 0 Å². The van der Waals surface area contributed by atoms with E-state index in [1.54, 1.807) is 17.0 Å². The molecule has 1 amide bonds. The number of amides is 1. The van der Waals surface area contributed by atoms with Gasteiger partial charge in [-0.15, -0.1) is 0 Å². The van der Waals surface area contributed by atoms with Crippen LogP contribution in [-0.4, -0.2) is 31.6 Å². The van der Waals surface area contributed by atoms with E-state index in [0.717, 1.165) is 5.69 Å². The van der Waals surface area contributed by atoms with Crippen LogP contribution in [-0.2, 0) is 4.74 Å². The topological polar surface area (TPSA) is 74.0 Å². The molecule has 0 aromatic heterocycles. The molecule has 0 spiro atoms. The van der Waals surface area contributed by atoms with Gasteiger partial charge in [0, 0.05) is 12.5 Å². The van der Waals surface area contributed by atoms with Gasteiger partial charge in [-0.05, 0) is 25.6 Å². The second kappa shape index (κ2) is 4.31. The molecule has 2 N–H and O–H groups in total. The van der Waals surface area contributed by atoms with Crippen molar-refractivity contribution in [1.82, 2.24) is 0 Å². The maximum Gasteiger partial charge on any atom is 0.415 e. The van der Waals surface area contributed by atoms with Gasteiger partial charge in [-0.1, -0.05) is 0 Å². The van der Waals surface area contributed by atoms with Crippen molar-refractivity contribution in [2.24, 2.45) is 5.73 Å². The molecule has 1 aromatic rings. The molecule has 2 aliphatic rings. The first-order valence-corrected chi connectivity index (χ1v) is 6.21. The minimum atomic E-state index is -0.526. The normalized spacial score (nSPS) is 24.7. The van der Waals surface area contributed by atoms with E-state index < -0.39 is 5.60 Å². The van der Waals surface area contributed by atoms with E-state index in [-0.39, 0.29) is 12.9 Å². The third kappa shape index (κ3) is 2.08. The van der Waals surface area contributed by atoms with E-state index in [4.69, 9.17) is 19.9 Å². The van der Waals surface area contributed by atoms with Crippen molar-refractivity contribution < 1.29 is 19.0 Å². The molecule has 19 heavy (non-hydrogen) atoms. The molecule has 1 fully saturated rings. The Morgan fingerprint density at radius 3 is 2.95 bits per heavy atom. The average molecular weight is 264 g/mol. The Morgan fingerprint density at radius 2 is 2.16 bits per heavy atom. The van der Waals surface area contributed by atoms with Gasteiger partial charge in [-0.25, -0.2) is 4.79 Å². The van der Waals surface area contributed by atoms with Crippen LogP contribution in [0.5, 0.6) is 11.5 Å². The van der Waals surface area contributed by atoms with E-state index in [1.807, 2.05) is 13.0 Å². The third-order valence-electron chi connectivity index (χ3n) is 3.39. The lowest BCUT2D eigenvalue weighted by molar-refractivity contribution is 0.0672. The van der Waals surface area contributed by atoms with Crippen LogP contribution in [0.2, 0.25) is 0 Å². The van der Waals surface area contributed by atoms with Crippen LogP contribution in [0.25, 0.3) is 0 Å². The number of anilines is 1. The summed E-state index contributed by atoms with van der Waals surface area (Å²) >= 11 is 0. The monoisotopic (exact) mass is 264 g/mol. The second-order valence-electron chi connectivity index (χ2n) is 4.98. The Kier molecular flexibility index (Phi) is 2.74. The summed E-state index contributed by atoms with van der Waals surface area (Å²) in [6.45, 7) is 3.08. The number of benzene rings is 1. The molecule has 102 valence electrons. The van der Waals surface area contributed by atoms with Crippen LogP contribution in [0.3, 0.4) is 0 Å². The lowest BCUT2D eigenvalue weighted by Gasteiger charge is -2.20. The number of nitrogens with zero attached hydrogens (tertiary/aromatic N) is 1. The minimum Gasteiger partial charge on any atom is -0.454 e. The van der Waals surface area contributed by atoms with Crippen molar-refractivity contribution in [1.29, 1.82) is 0 Å². The highest BCUT2D eigenvalue weighted by atomic mass is 16.7. The van der Waals surface area contributed by atoms with Gasteiger partial charge in [-0.3, -0.25) is 4.90 Å². The summed E-state index contributed by atoms with van der Waals surface area (Å²) < 4.78 is 16.0. The zero-order valence-electron chi connectivity index (χ0n) is 10.7. The summed E-state index contributed by atoms with van der Waals surface area (Å²) in [6.07, 6.45) is 0.287. The van der Waals surface area contributed by atoms with Gasteiger partial charge in [0.2, 0.25) is 6.79 Å². The van der Waals surface area contributed by atoms with Crippen LogP contribution in [0.4, 0.5) is 10.5 Å². The molecule has 1 saturated heterocycles. The Bertz CT molecular complexity index is 519. The maximum absolute atomic E-state index is 12.0. The largest absolute Gasteiger partial charge is 0.454 e. The van der Waals surface area contributed by atoms with Gasteiger partial charge in [0.15, 0.2) is 11.5 Å². The van der Waals surface area contributed by atoms with Crippen LogP contribution in [0, 0.1) is 0 Å². The number of carbonyl (C=O) groups is 1. The number of cyclic esters (lactones) is 1. The molecular formula is C13H16N2O4. The zero-order chi connectivity index (χ0) is 13.5. The Morgan fingerprint density at radius 1 is 1.37 bits per heavy atom. The number of hydrogen-bond donors (Lipinski definition) is 1. The van der Waals surface area contributed by atoms with Gasteiger partial charge in [-0.2, -0.15) is 0 Å². The number of ether oxygens (including phenoxy) is 3. The molecule has 1 aromatic carbocycles. The number of fused-ring (bicyclic) bond motifs is 1. The fourth-order valence-corrected chi connectivity index (χ4v) is 2.38. The van der Waals surface area contributed by atoms with Crippen LogP contribution in [0.1, 0.15) is 13.3 Å². The van der Waals surface area contributed by atoms with Crippen molar-refractivity contribution in [3.05, 3.63) is 18.2 Å². The summed E-state index contributed by atoms with van der Waals surface area (Å²) in [5.41, 5.74) is 5.77. The van der Waals surface area contributed by atoms with Gasteiger partial charge in [0.05, 0.1) is 12.2 Å². The summed E-state index contributed by atoms with van der Waals surface area (Å²) in [5, 5.41) is 0. The molecule has 3 rings (SSSR count). The highest BCUT2D eigenvalue weighted by molar-refractivity contribution is 5.90. The van der Waals surface area contributed by atoms with Gasteiger partial charge in [0.1, 0.15) is 5.60 Å². The van der Waals surface area contributed by atoms with Crippen molar-refractivity contribution in [3.8, 4) is 11.5 Å². The fourth-order valence-electron chi connectivity index (χ4n) is 2.38. The summed E-state index contributed by atoms with van der Waals surface area (Å²) in [6, 6.07) is 5.41. The van der Waals surface area contributed by atoms with E-state index in [9.17, 15) is 4.79 Å². The summed E-state index contributed by atoms with van der Waals surface area (Å²) in [7, 11) is 0. The first-order valence-electron chi connectivity index (χ1n) is 6.21. The van der Waals surface area contributed by atoms with E-state index in [2.05, 4.69) is 0 Å². The lowest BCUT2D eigenvalue weighted by Crippen LogP contribution is -2.33. The Labute approximate surface area is 111 Å². The highest BCUT2D eigenvalue weighted by Crippen LogP contribution is 2.38. The Hall–Kier alpha value is -1.95. The third-order valence-corrected chi connectivity index (χ3v) is 3.39. The molecule has 0 radical (unpaired) electrons. The molecular weight excluding hydrogens is 248 g/mol. The molecule has 2 aliphatic heterocycles. The number of rotatable bonds is 3. The molecule has 1 unspecified atom stereocenters. The van der Waals surface area contributed by atoms with Gasteiger partial charge < -0.3 is 19.9 Å². The second-order valence-corrected chi connectivity index (χ2v) is 4.98. The first-order chi connectivity index (χ1) is 9.11. The summed E-state index contributed by atoms with van der Waals surface area (Å²) in [4.78, 5) is 13.6. The van der Waals surface area contributed by atoms with E-state index in [0.29, 0.717) is 31.0 Å². The molecule has 0 aliphatic carbocycles. The number of carbonyl (C=O) groups excluding carboxylic acids is 1. The summed E-state index contributed by atoms with van der Waals surface area (Å²) in [5.74, 6) is 1.35. The molecule has 6 nitrogen and oxygen atoms in total. The lowest BCUT2D eigenvalue weighted by atomic mass is 10.0.